The highest BCUT2D eigenvalue weighted by atomic mass is 31.2. The lowest BCUT2D eigenvalue weighted by Gasteiger charge is -2.34. The quantitative estimate of drug-likeness (QED) is 0.413. The molecule has 0 aromatic heterocycles. The van der Waals surface area contributed by atoms with Crippen LogP contribution in [0.2, 0.25) is 0 Å². The Hall–Kier alpha value is -0.220. The van der Waals surface area contributed by atoms with Gasteiger partial charge in [0.05, 0.1) is 5.71 Å². The number of rotatable bonds is 5. The minimum atomic E-state index is -1.95. The maximum absolute atomic E-state index is 5.75. The minimum absolute atomic E-state index is 0.921. The van der Waals surface area contributed by atoms with Crippen LogP contribution in [0.5, 0.6) is 0 Å². The molecule has 0 aliphatic rings. The number of nitrogens with zero attached hydrogens (tertiary/aromatic N) is 4. The highest BCUT2D eigenvalue weighted by molar-refractivity contribution is 7.64. The van der Waals surface area contributed by atoms with E-state index in [4.69, 9.17) is 4.62 Å². The van der Waals surface area contributed by atoms with E-state index in [0.717, 1.165) is 5.71 Å². The summed E-state index contributed by atoms with van der Waals surface area (Å²) in [6, 6.07) is 0. The molecule has 0 aliphatic heterocycles. The van der Waals surface area contributed by atoms with Crippen LogP contribution >= 0.6 is 7.94 Å². The molecule has 0 aromatic rings. The summed E-state index contributed by atoms with van der Waals surface area (Å²) in [6.07, 6.45) is 0. The molecular weight excluding hydrogens is 211 g/mol. The molecule has 0 atom stereocenters. The molecule has 0 rings (SSSR count). The van der Waals surface area contributed by atoms with Crippen molar-refractivity contribution in [3.63, 3.8) is 0 Å². The second-order valence-corrected chi connectivity index (χ2v) is 7.76. The largest absolute Gasteiger partial charge is 0.449 e. The van der Waals surface area contributed by atoms with Gasteiger partial charge in [-0.2, -0.15) is 4.62 Å². The van der Waals surface area contributed by atoms with Gasteiger partial charge in [0.2, 0.25) is 0 Å². The van der Waals surface area contributed by atoms with Crippen LogP contribution in [0, 0.1) is 0 Å². The first-order valence-electron chi connectivity index (χ1n) is 4.87. The van der Waals surface area contributed by atoms with Crippen LogP contribution in [0.4, 0.5) is 0 Å². The van der Waals surface area contributed by atoms with Gasteiger partial charge in [0.1, 0.15) is 0 Å². The summed E-state index contributed by atoms with van der Waals surface area (Å²) in [5.74, 6) is 0. The zero-order valence-electron chi connectivity index (χ0n) is 11.1. The van der Waals surface area contributed by atoms with E-state index in [1.165, 1.54) is 0 Å². The van der Waals surface area contributed by atoms with Crippen molar-refractivity contribution in [1.82, 2.24) is 14.0 Å². The SMILES string of the molecule is CC(C)=NO[P+](N(C)C)(N(C)C)N(C)C. The van der Waals surface area contributed by atoms with E-state index in [1.807, 2.05) is 56.1 Å². The Balaban J connectivity index is 5.06. The number of oxime groups is 1. The van der Waals surface area contributed by atoms with Gasteiger partial charge in [-0.15, -0.1) is 14.0 Å². The molecule has 0 saturated carbocycles. The molecule has 15 heavy (non-hydrogen) atoms. The van der Waals surface area contributed by atoms with Crippen LogP contribution in [0.1, 0.15) is 13.8 Å². The first-order chi connectivity index (χ1) is 6.75. The molecule has 0 fully saturated rings. The van der Waals surface area contributed by atoms with Crippen molar-refractivity contribution in [2.75, 3.05) is 42.3 Å². The van der Waals surface area contributed by atoms with Gasteiger partial charge in [-0.25, -0.2) is 0 Å². The Morgan fingerprint density at radius 1 is 0.867 bits per heavy atom. The van der Waals surface area contributed by atoms with E-state index < -0.39 is 7.94 Å². The highest BCUT2D eigenvalue weighted by Gasteiger charge is 2.53. The van der Waals surface area contributed by atoms with E-state index in [1.54, 1.807) is 0 Å². The molecule has 0 saturated heterocycles. The standard InChI is InChI=1S/C9H24N4OP/c1-9(2)10-14-15(11(3)4,12(5)6)13(7)8/h1-8H3/q+1. The fraction of sp³-hybridized carbons (Fsp3) is 0.889. The van der Waals surface area contributed by atoms with Gasteiger partial charge in [-0.05, 0) is 19.0 Å². The third-order valence-corrected chi connectivity index (χ3v) is 5.32. The minimum Gasteiger partial charge on any atom is -0.184 e. The maximum Gasteiger partial charge on any atom is 0.449 e. The molecule has 6 heteroatoms. The van der Waals surface area contributed by atoms with Crippen LogP contribution in [0.15, 0.2) is 5.16 Å². The van der Waals surface area contributed by atoms with Crippen LogP contribution < -0.4 is 0 Å². The summed E-state index contributed by atoms with van der Waals surface area (Å²) in [6.45, 7) is 3.85. The fourth-order valence-corrected chi connectivity index (χ4v) is 4.29. The topological polar surface area (TPSA) is 31.3 Å². The van der Waals surface area contributed by atoms with E-state index in [2.05, 4.69) is 19.2 Å². The van der Waals surface area contributed by atoms with E-state index >= 15 is 0 Å². The van der Waals surface area contributed by atoms with Gasteiger partial charge in [-0.1, -0.05) is 0 Å². The molecule has 0 amide bonds. The van der Waals surface area contributed by atoms with Gasteiger partial charge in [0.15, 0.2) is 0 Å². The first kappa shape index (κ1) is 14.8. The molecule has 5 nitrogen and oxygen atoms in total. The average Bonchev–Trinajstić information content (AvgIpc) is 2.02. The van der Waals surface area contributed by atoms with Crippen LogP contribution in [0.25, 0.3) is 0 Å². The van der Waals surface area contributed by atoms with Gasteiger partial charge < -0.3 is 0 Å². The predicted octanol–water partition coefficient (Wildman–Crippen LogP) is 1.76. The molecule has 0 radical (unpaired) electrons. The van der Waals surface area contributed by atoms with E-state index in [-0.39, 0.29) is 0 Å². The lowest BCUT2D eigenvalue weighted by molar-refractivity contribution is 0.250. The monoisotopic (exact) mass is 235 g/mol. The Labute approximate surface area is 94.2 Å². The smallest absolute Gasteiger partial charge is 0.184 e. The third kappa shape index (κ3) is 3.38. The van der Waals surface area contributed by atoms with E-state index in [0.29, 0.717) is 0 Å². The molecule has 0 unspecified atom stereocenters. The van der Waals surface area contributed by atoms with Crippen molar-refractivity contribution >= 4 is 13.7 Å². The first-order valence-corrected chi connectivity index (χ1v) is 6.44. The fourth-order valence-electron chi connectivity index (χ4n) is 1.43. The Kier molecular flexibility index (Phi) is 5.67. The molecular formula is C9H24N4OP+. The molecule has 0 aliphatic carbocycles. The van der Waals surface area contributed by atoms with Crippen LogP contribution in [-0.4, -0.2) is 62.0 Å². The predicted molar refractivity (Wildman–Crippen MR) is 67.8 cm³/mol. The lowest BCUT2D eigenvalue weighted by Crippen LogP contribution is -2.36. The molecule has 0 spiro atoms. The second kappa shape index (κ2) is 5.75. The summed E-state index contributed by atoms with van der Waals surface area (Å²) in [5, 5.41) is 4.10. The summed E-state index contributed by atoms with van der Waals surface area (Å²) in [5.41, 5.74) is 0.921. The van der Waals surface area contributed by atoms with Gasteiger partial charge in [0.25, 0.3) is 0 Å². The van der Waals surface area contributed by atoms with E-state index in [9.17, 15) is 0 Å². The molecule has 90 valence electrons. The van der Waals surface area contributed by atoms with Crippen molar-refractivity contribution in [2.24, 2.45) is 5.16 Å². The molecule has 0 heterocycles. The second-order valence-electron chi connectivity index (χ2n) is 4.18. The Morgan fingerprint density at radius 3 is 1.40 bits per heavy atom. The maximum atomic E-state index is 5.75. The van der Waals surface area contributed by atoms with Crippen LogP contribution in [-0.2, 0) is 4.62 Å². The molecule has 0 aromatic carbocycles. The summed E-state index contributed by atoms with van der Waals surface area (Å²) in [4.78, 5) is 0. The van der Waals surface area contributed by atoms with Crippen molar-refractivity contribution < 1.29 is 4.62 Å². The zero-order valence-corrected chi connectivity index (χ0v) is 12.0. The van der Waals surface area contributed by atoms with Crippen molar-refractivity contribution in [1.29, 1.82) is 0 Å². The normalized spacial score (nSPS) is 12.5. The van der Waals surface area contributed by atoms with Crippen molar-refractivity contribution in [3.8, 4) is 0 Å². The van der Waals surface area contributed by atoms with Crippen LogP contribution in [0.3, 0.4) is 0 Å². The number of hydrogen-bond donors (Lipinski definition) is 0. The summed E-state index contributed by atoms with van der Waals surface area (Å²) >= 11 is 0. The van der Waals surface area contributed by atoms with Crippen molar-refractivity contribution in [2.45, 2.75) is 13.8 Å². The average molecular weight is 235 g/mol. The Morgan fingerprint density at radius 2 is 1.20 bits per heavy atom. The van der Waals surface area contributed by atoms with Gasteiger partial charge in [-0.3, -0.25) is 0 Å². The summed E-state index contributed by atoms with van der Waals surface area (Å²) in [7, 11) is 10.1. The molecule has 0 N–H and O–H groups in total. The van der Waals surface area contributed by atoms with Gasteiger partial charge in [0, 0.05) is 42.3 Å². The zero-order chi connectivity index (χ0) is 12.2. The van der Waals surface area contributed by atoms with Crippen molar-refractivity contribution in [3.05, 3.63) is 0 Å². The highest BCUT2D eigenvalue weighted by Crippen LogP contribution is 2.64. The lowest BCUT2D eigenvalue weighted by atomic mass is 10.5. The summed E-state index contributed by atoms with van der Waals surface area (Å²) < 4.78 is 12.0. The third-order valence-electron chi connectivity index (χ3n) is 1.90. The van der Waals surface area contributed by atoms with Gasteiger partial charge >= 0.3 is 7.94 Å². The Bertz CT molecular complexity index is 202. The number of hydrogen-bond acceptors (Lipinski definition) is 5. The molecule has 0 bridgehead atoms.